The molecular weight excluding hydrogens is 330 g/mol. The second-order valence-electron chi connectivity index (χ2n) is 6.66. The zero-order valence-corrected chi connectivity index (χ0v) is 14.9. The molecule has 0 aliphatic carbocycles. The number of hydrogen-bond donors (Lipinski definition) is 1. The molecule has 2 unspecified atom stereocenters. The molecule has 2 aliphatic rings. The van der Waals surface area contributed by atoms with Crippen LogP contribution in [0.15, 0.2) is 60.8 Å². The maximum Gasteiger partial charge on any atom is 0.283 e. The number of amides is 1. The van der Waals surface area contributed by atoms with Gasteiger partial charge in [0.05, 0.1) is 5.25 Å². The molecule has 1 saturated heterocycles. The Labute approximate surface area is 152 Å². The molecule has 4 heteroatoms. The van der Waals surface area contributed by atoms with Crippen molar-refractivity contribution in [2.45, 2.75) is 37.0 Å². The van der Waals surface area contributed by atoms with Crippen LogP contribution in [0, 0.1) is 0 Å². The Morgan fingerprint density at radius 2 is 1.96 bits per heavy atom. The lowest BCUT2D eigenvalue weighted by atomic mass is 9.95. The van der Waals surface area contributed by atoms with Gasteiger partial charge in [-0.15, -0.1) is 0 Å². The van der Waals surface area contributed by atoms with Crippen LogP contribution in [0.1, 0.15) is 23.1 Å². The molecule has 25 heavy (non-hydrogen) atoms. The summed E-state index contributed by atoms with van der Waals surface area (Å²) in [7, 11) is 0. The molecule has 2 aromatic carbocycles. The van der Waals surface area contributed by atoms with Gasteiger partial charge in [0.15, 0.2) is 0 Å². The maximum absolute atomic E-state index is 11.4. The molecule has 3 nitrogen and oxygen atoms in total. The summed E-state index contributed by atoms with van der Waals surface area (Å²) in [5, 5.41) is 2.91. The Morgan fingerprint density at radius 3 is 2.72 bits per heavy atom. The predicted octanol–water partition coefficient (Wildman–Crippen LogP) is 4.50. The van der Waals surface area contributed by atoms with E-state index in [0.29, 0.717) is 0 Å². The molecule has 2 heterocycles. The van der Waals surface area contributed by atoms with Crippen LogP contribution in [0.4, 0.5) is 4.79 Å². The molecule has 0 aromatic heterocycles. The quantitative estimate of drug-likeness (QED) is 0.881. The summed E-state index contributed by atoms with van der Waals surface area (Å²) in [6.45, 7) is 3.94. The van der Waals surface area contributed by atoms with Gasteiger partial charge in [0, 0.05) is 12.1 Å². The Hall–Kier alpha value is -2.20. The second-order valence-corrected chi connectivity index (χ2v) is 7.83. The molecule has 2 atom stereocenters. The number of thioether (sulfide) groups is 1. The highest BCUT2D eigenvalue weighted by Crippen LogP contribution is 2.33. The van der Waals surface area contributed by atoms with Crippen LogP contribution in [0.3, 0.4) is 0 Å². The summed E-state index contributed by atoms with van der Waals surface area (Å²) in [6.07, 6.45) is 4.09. The van der Waals surface area contributed by atoms with Gasteiger partial charge in [0.25, 0.3) is 5.24 Å². The minimum Gasteiger partial charge on any atom is -0.490 e. The molecule has 1 fully saturated rings. The van der Waals surface area contributed by atoms with Crippen molar-refractivity contribution in [2.75, 3.05) is 0 Å². The smallest absolute Gasteiger partial charge is 0.283 e. The molecule has 2 aromatic rings. The highest BCUT2D eigenvalue weighted by atomic mass is 32.2. The third-order valence-electron chi connectivity index (χ3n) is 4.78. The van der Waals surface area contributed by atoms with Gasteiger partial charge < -0.3 is 10.1 Å². The number of fused-ring (bicyclic) bond motifs is 1. The lowest BCUT2D eigenvalue weighted by molar-refractivity contribution is 0.174. The van der Waals surface area contributed by atoms with Crippen molar-refractivity contribution in [2.24, 2.45) is 0 Å². The normalized spacial score (nSPS) is 22.2. The maximum atomic E-state index is 11.4. The van der Waals surface area contributed by atoms with Gasteiger partial charge in [-0.2, -0.15) is 0 Å². The Kier molecular flexibility index (Phi) is 4.53. The highest BCUT2D eigenvalue weighted by molar-refractivity contribution is 8.14. The molecule has 4 rings (SSSR count). The molecule has 1 N–H and O–H groups in total. The van der Waals surface area contributed by atoms with Gasteiger partial charge in [0.2, 0.25) is 0 Å². The van der Waals surface area contributed by atoms with E-state index in [2.05, 4.69) is 54.4 Å². The third-order valence-corrected chi connectivity index (χ3v) is 5.83. The van der Waals surface area contributed by atoms with Crippen molar-refractivity contribution in [3.63, 3.8) is 0 Å². The van der Waals surface area contributed by atoms with Gasteiger partial charge >= 0.3 is 0 Å². The minimum absolute atomic E-state index is 0.0000436. The summed E-state index contributed by atoms with van der Waals surface area (Å²) < 4.78 is 6.21. The summed E-state index contributed by atoms with van der Waals surface area (Å²) in [5.41, 5.74) is 4.64. The molecule has 2 aliphatic heterocycles. The first kappa shape index (κ1) is 16.3. The number of ether oxygens (including phenoxy) is 1. The molecule has 0 radical (unpaired) electrons. The minimum atomic E-state index is 0.0000436. The number of carbonyl (C=O) groups is 1. The van der Waals surface area contributed by atoms with Crippen molar-refractivity contribution >= 4 is 17.0 Å². The fourth-order valence-electron chi connectivity index (χ4n) is 3.47. The molecule has 128 valence electrons. The summed E-state index contributed by atoms with van der Waals surface area (Å²) in [6, 6.07) is 16.9. The van der Waals surface area contributed by atoms with Gasteiger partial charge in [-0.05, 0) is 42.0 Å². The van der Waals surface area contributed by atoms with Crippen LogP contribution >= 0.6 is 11.8 Å². The van der Waals surface area contributed by atoms with E-state index >= 15 is 0 Å². The SMILES string of the molecule is C=C1NC(=O)SC1Cc1ccc2c(c1)CCC(Cc1ccccc1)O2. The van der Waals surface area contributed by atoms with E-state index < -0.39 is 0 Å². The zero-order valence-electron chi connectivity index (χ0n) is 14.0. The summed E-state index contributed by atoms with van der Waals surface area (Å²) >= 11 is 1.33. The first-order valence-corrected chi connectivity index (χ1v) is 9.54. The largest absolute Gasteiger partial charge is 0.490 e. The lowest BCUT2D eigenvalue weighted by Gasteiger charge is -2.27. The fraction of sp³-hybridized carbons (Fsp3) is 0.286. The summed E-state index contributed by atoms with van der Waals surface area (Å²) in [5.74, 6) is 1.00. The van der Waals surface area contributed by atoms with Crippen LogP contribution in [0.25, 0.3) is 0 Å². The van der Waals surface area contributed by atoms with Crippen molar-refractivity contribution in [3.8, 4) is 5.75 Å². The number of rotatable bonds is 4. The van der Waals surface area contributed by atoms with Crippen molar-refractivity contribution in [1.82, 2.24) is 5.32 Å². The average molecular weight is 351 g/mol. The van der Waals surface area contributed by atoms with E-state index in [9.17, 15) is 4.79 Å². The van der Waals surface area contributed by atoms with Crippen molar-refractivity contribution in [3.05, 3.63) is 77.5 Å². The van der Waals surface area contributed by atoms with Gasteiger partial charge in [-0.1, -0.05) is 60.8 Å². The highest BCUT2D eigenvalue weighted by Gasteiger charge is 2.27. The predicted molar refractivity (Wildman–Crippen MR) is 102 cm³/mol. The van der Waals surface area contributed by atoms with Crippen LogP contribution in [0.2, 0.25) is 0 Å². The monoisotopic (exact) mass is 351 g/mol. The fourth-order valence-corrected chi connectivity index (χ4v) is 4.39. The number of carbonyl (C=O) groups excluding carboxylic acids is 1. The second kappa shape index (κ2) is 6.96. The van der Waals surface area contributed by atoms with E-state index in [1.165, 1.54) is 28.5 Å². The van der Waals surface area contributed by atoms with Gasteiger partial charge in [-0.3, -0.25) is 4.79 Å². The number of benzene rings is 2. The standard InChI is InChI=1S/C21H21NO2S/c1-14-20(25-21(23)22-14)13-16-7-10-19-17(11-16)8-9-18(24-19)12-15-5-3-2-4-6-15/h2-7,10-11,18,20H,1,8-9,12-13H2,(H,22,23). The van der Waals surface area contributed by atoms with E-state index in [0.717, 1.165) is 37.1 Å². The third kappa shape index (κ3) is 3.74. The zero-order chi connectivity index (χ0) is 17.2. The van der Waals surface area contributed by atoms with Gasteiger partial charge in [-0.25, -0.2) is 0 Å². The van der Waals surface area contributed by atoms with Crippen molar-refractivity contribution in [1.29, 1.82) is 0 Å². The Bertz CT molecular complexity index is 803. The Balaban J connectivity index is 1.42. The van der Waals surface area contributed by atoms with Crippen molar-refractivity contribution < 1.29 is 9.53 Å². The van der Waals surface area contributed by atoms with Gasteiger partial charge in [0.1, 0.15) is 11.9 Å². The molecule has 0 spiro atoms. The Morgan fingerprint density at radius 1 is 1.12 bits per heavy atom. The van der Waals surface area contributed by atoms with Crippen LogP contribution in [-0.2, 0) is 19.3 Å². The number of hydrogen-bond acceptors (Lipinski definition) is 3. The van der Waals surface area contributed by atoms with E-state index in [-0.39, 0.29) is 16.6 Å². The van der Waals surface area contributed by atoms with E-state index in [4.69, 9.17) is 4.74 Å². The molecule has 0 saturated carbocycles. The molecular formula is C21H21NO2S. The van der Waals surface area contributed by atoms with Crippen LogP contribution < -0.4 is 10.1 Å². The molecule has 0 bridgehead atoms. The average Bonchev–Trinajstić information content (AvgIpc) is 2.93. The van der Waals surface area contributed by atoms with E-state index in [1.54, 1.807) is 0 Å². The van der Waals surface area contributed by atoms with E-state index in [1.807, 2.05) is 6.07 Å². The first-order chi connectivity index (χ1) is 12.2. The number of aryl methyl sites for hydroxylation is 1. The van der Waals surface area contributed by atoms with Crippen LogP contribution in [-0.4, -0.2) is 16.6 Å². The number of nitrogens with one attached hydrogen (secondary N) is 1. The first-order valence-electron chi connectivity index (χ1n) is 8.66. The van der Waals surface area contributed by atoms with Crippen LogP contribution in [0.5, 0.6) is 5.75 Å². The summed E-state index contributed by atoms with van der Waals surface area (Å²) in [4.78, 5) is 11.4. The molecule has 1 amide bonds. The topological polar surface area (TPSA) is 38.3 Å². The lowest BCUT2D eigenvalue weighted by Crippen LogP contribution is -2.25.